The Labute approximate surface area is 136 Å². The summed E-state index contributed by atoms with van der Waals surface area (Å²) < 4.78 is 27.2. The predicted molar refractivity (Wildman–Crippen MR) is 88.6 cm³/mol. The average Bonchev–Trinajstić information content (AvgIpc) is 2.54. The van der Waals surface area contributed by atoms with Gasteiger partial charge in [0.1, 0.15) is 0 Å². The molecule has 3 rings (SSSR count). The van der Waals surface area contributed by atoms with E-state index in [0.29, 0.717) is 12.0 Å². The van der Waals surface area contributed by atoms with E-state index in [1.165, 1.54) is 6.07 Å². The summed E-state index contributed by atoms with van der Waals surface area (Å²) in [5.41, 5.74) is 2.69. The highest BCUT2D eigenvalue weighted by atomic mass is 32.2. The van der Waals surface area contributed by atoms with Gasteiger partial charge in [0.2, 0.25) is 5.91 Å². The zero-order chi connectivity index (χ0) is 16.4. The van der Waals surface area contributed by atoms with E-state index in [-0.39, 0.29) is 4.90 Å². The van der Waals surface area contributed by atoms with Crippen molar-refractivity contribution in [3.05, 3.63) is 65.2 Å². The Morgan fingerprint density at radius 1 is 1.09 bits per heavy atom. The Morgan fingerprint density at radius 3 is 2.57 bits per heavy atom. The Balaban J connectivity index is 1.87. The fraction of sp³-hybridized carbons (Fsp3) is 0.278. The van der Waals surface area contributed by atoms with Gasteiger partial charge in [0.15, 0.2) is 0 Å². The number of sulfonamides is 1. The molecule has 2 aromatic carbocycles. The van der Waals surface area contributed by atoms with Crippen molar-refractivity contribution >= 4 is 15.9 Å². The lowest BCUT2D eigenvalue weighted by Gasteiger charge is -2.24. The van der Waals surface area contributed by atoms with Gasteiger partial charge in [0, 0.05) is 0 Å². The maximum atomic E-state index is 12.6. The minimum Gasteiger partial charge on any atom is -0.273 e. The molecule has 0 unspecified atom stereocenters. The van der Waals surface area contributed by atoms with E-state index < -0.39 is 21.8 Å². The first-order valence-corrected chi connectivity index (χ1v) is 9.17. The van der Waals surface area contributed by atoms with Gasteiger partial charge in [-0.05, 0) is 48.9 Å². The minimum absolute atomic E-state index is 0.150. The molecule has 1 atom stereocenters. The lowest BCUT2D eigenvalue weighted by atomic mass is 9.82. The van der Waals surface area contributed by atoms with E-state index in [2.05, 4.69) is 4.72 Å². The molecule has 0 fully saturated rings. The van der Waals surface area contributed by atoms with Crippen LogP contribution in [0.2, 0.25) is 0 Å². The Kier molecular flexibility index (Phi) is 4.22. The number of amides is 1. The topological polar surface area (TPSA) is 63.2 Å². The molecule has 0 saturated heterocycles. The first kappa shape index (κ1) is 15.7. The second kappa shape index (κ2) is 6.16. The van der Waals surface area contributed by atoms with Crippen molar-refractivity contribution in [1.29, 1.82) is 0 Å². The van der Waals surface area contributed by atoms with Gasteiger partial charge in [0.05, 0.1) is 10.8 Å². The summed E-state index contributed by atoms with van der Waals surface area (Å²) in [6, 6.07) is 14.4. The van der Waals surface area contributed by atoms with Crippen molar-refractivity contribution in [2.45, 2.75) is 37.0 Å². The fourth-order valence-electron chi connectivity index (χ4n) is 3.14. The van der Waals surface area contributed by atoms with E-state index in [4.69, 9.17) is 0 Å². The van der Waals surface area contributed by atoms with Crippen LogP contribution in [0.3, 0.4) is 0 Å². The highest BCUT2D eigenvalue weighted by Crippen LogP contribution is 2.32. The fourth-order valence-corrected chi connectivity index (χ4v) is 4.41. The van der Waals surface area contributed by atoms with Gasteiger partial charge in [-0.2, -0.15) is 0 Å². The number of benzene rings is 2. The van der Waals surface area contributed by atoms with Gasteiger partial charge in [-0.1, -0.05) is 42.5 Å². The molecule has 0 bridgehead atoms. The third-order valence-electron chi connectivity index (χ3n) is 4.30. The number of aryl methyl sites for hydroxylation is 2. The molecule has 1 N–H and O–H groups in total. The van der Waals surface area contributed by atoms with Crippen LogP contribution >= 0.6 is 0 Å². The molecule has 0 heterocycles. The maximum absolute atomic E-state index is 12.6. The van der Waals surface area contributed by atoms with Crippen LogP contribution in [0, 0.1) is 6.92 Å². The quantitative estimate of drug-likeness (QED) is 0.942. The summed E-state index contributed by atoms with van der Waals surface area (Å²) in [5, 5.41) is 0. The summed E-state index contributed by atoms with van der Waals surface area (Å²) in [6.07, 6.45) is 2.50. The Morgan fingerprint density at radius 2 is 1.78 bits per heavy atom. The largest absolute Gasteiger partial charge is 0.273 e. The monoisotopic (exact) mass is 329 g/mol. The van der Waals surface area contributed by atoms with Gasteiger partial charge in [0.25, 0.3) is 10.0 Å². The zero-order valence-corrected chi connectivity index (χ0v) is 13.8. The molecule has 1 amide bonds. The maximum Gasteiger partial charge on any atom is 0.264 e. The third-order valence-corrected chi connectivity index (χ3v) is 5.81. The van der Waals surface area contributed by atoms with Crippen molar-refractivity contribution in [1.82, 2.24) is 4.72 Å². The lowest BCUT2D eigenvalue weighted by Crippen LogP contribution is -2.36. The van der Waals surface area contributed by atoms with Crippen LogP contribution in [-0.2, 0) is 21.2 Å². The molecule has 120 valence electrons. The summed E-state index contributed by atoms with van der Waals surface area (Å²) in [6.45, 7) is 1.72. The second-order valence-electron chi connectivity index (χ2n) is 5.88. The van der Waals surface area contributed by atoms with Crippen LogP contribution in [0.15, 0.2) is 53.4 Å². The van der Waals surface area contributed by atoms with E-state index >= 15 is 0 Å². The number of carbonyl (C=O) groups excluding carboxylic acids is 1. The molecule has 0 aromatic heterocycles. The summed E-state index contributed by atoms with van der Waals surface area (Å²) in [5.74, 6) is -0.848. The number of fused-ring (bicyclic) bond motifs is 1. The number of carbonyl (C=O) groups is 1. The van der Waals surface area contributed by atoms with Crippen LogP contribution in [0.1, 0.15) is 35.4 Å². The number of hydrogen-bond acceptors (Lipinski definition) is 3. The summed E-state index contributed by atoms with van der Waals surface area (Å²) in [7, 11) is -3.84. The van der Waals surface area contributed by atoms with Crippen molar-refractivity contribution in [2.24, 2.45) is 0 Å². The van der Waals surface area contributed by atoms with Gasteiger partial charge >= 0.3 is 0 Å². The molecule has 0 aliphatic heterocycles. The normalized spacial score (nSPS) is 17.3. The van der Waals surface area contributed by atoms with Crippen LogP contribution in [0.25, 0.3) is 0 Å². The zero-order valence-electron chi connectivity index (χ0n) is 13.0. The van der Waals surface area contributed by atoms with Crippen LogP contribution in [0.4, 0.5) is 0 Å². The highest BCUT2D eigenvalue weighted by Gasteiger charge is 2.29. The number of hydrogen-bond donors (Lipinski definition) is 1. The van der Waals surface area contributed by atoms with E-state index in [0.717, 1.165) is 24.0 Å². The molecule has 5 heteroatoms. The Bertz CT molecular complexity index is 843. The van der Waals surface area contributed by atoms with Gasteiger partial charge < -0.3 is 0 Å². The highest BCUT2D eigenvalue weighted by molar-refractivity contribution is 7.90. The Hall–Kier alpha value is -2.14. The predicted octanol–water partition coefficient (Wildman–Crippen LogP) is 2.92. The van der Waals surface area contributed by atoms with Crippen LogP contribution < -0.4 is 4.72 Å². The number of nitrogens with one attached hydrogen (secondary N) is 1. The van der Waals surface area contributed by atoms with Crippen LogP contribution in [0.5, 0.6) is 0 Å². The average molecular weight is 329 g/mol. The molecule has 0 spiro atoms. The van der Waals surface area contributed by atoms with Gasteiger partial charge in [-0.15, -0.1) is 0 Å². The first-order chi connectivity index (χ1) is 11.0. The van der Waals surface area contributed by atoms with Crippen molar-refractivity contribution < 1.29 is 13.2 Å². The molecule has 23 heavy (non-hydrogen) atoms. The second-order valence-corrected chi connectivity index (χ2v) is 7.53. The molecule has 0 radical (unpaired) electrons. The summed E-state index contributed by atoms with van der Waals surface area (Å²) >= 11 is 0. The van der Waals surface area contributed by atoms with Crippen molar-refractivity contribution in [3.63, 3.8) is 0 Å². The van der Waals surface area contributed by atoms with E-state index in [9.17, 15) is 13.2 Å². The van der Waals surface area contributed by atoms with Gasteiger partial charge in [-0.25, -0.2) is 13.1 Å². The SMILES string of the molecule is Cc1ccccc1S(=O)(=O)NC(=O)[C@@H]1CCCc2ccccc21. The third kappa shape index (κ3) is 3.15. The summed E-state index contributed by atoms with van der Waals surface area (Å²) in [4.78, 5) is 12.7. The molecule has 1 aliphatic rings. The minimum atomic E-state index is -3.84. The lowest BCUT2D eigenvalue weighted by molar-refractivity contribution is -0.121. The van der Waals surface area contributed by atoms with E-state index in [1.54, 1.807) is 25.1 Å². The van der Waals surface area contributed by atoms with Crippen molar-refractivity contribution in [3.8, 4) is 0 Å². The molecule has 2 aromatic rings. The smallest absolute Gasteiger partial charge is 0.264 e. The molecule has 0 saturated carbocycles. The first-order valence-electron chi connectivity index (χ1n) is 7.69. The standard InChI is InChI=1S/C18H19NO3S/c1-13-7-2-5-12-17(13)23(21,22)19-18(20)16-11-6-9-14-8-3-4-10-15(14)16/h2-5,7-8,10,12,16H,6,9,11H2,1H3,(H,19,20)/t16-/m1/s1. The molecule has 1 aliphatic carbocycles. The van der Waals surface area contributed by atoms with Crippen LogP contribution in [-0.4, -0.2) is 14.3 Å². The molecular formula is C18H19NO3S. The van der Waals surface area contributed by atoms with E-state index in [1.807, 2.05) is 24.3 Å². The molecular weight excluding hydrogens is 310 g/mol. The molecule has 4 nitrogen and oxygen atoms in total. The number of rotatable bonds is 3. The van der Waals surface area contributed by atoms with Gasteiger partial charge in [-0.3, -0.25) is 4.79 Å². The van der Waals surface area contributed by atoms with Crippen molar-refractivity contribution in [2.75, 3.05) is 0 Å².